The fourth-order valence-electron chi connectivity index (χ4n) is 2.27. The predicted molar refractivity (Wildman–Crippen MR) is 83.1 cm³/mol. The van der Waals surface area contributed by atoms with Crippen LogP contribution in [0.5, 0.6) is 0 Å². The van der Waals surface area contributed by atoms with Crippen molar-refractivity contribution in [3.63, 3.8) is 0 Å². The fourth-order valence-corrected chi connectivity index (χ4v) is 3.33. The summed E-state index contributed by atoms with van der Waals surface area (Å²) in [6.45, 7) is 1.47. The van der Waals surface area contributed by atoms with Crippen LogP contribution in [0.2, 0.25) is 0 Å². The Hall–Kier alpha value is -1.89. The zero-order valence-electron chi connectivity index (χ0n) is 12.3. The van der Waals surface area contributed by atoms with Crippen molar-refractivity contribution < 1.29 is 17.6 Å². The molecule has 0 radical (unpaired) electrons. The summed E-state index contributed by atoms with van der Waals surface area (Å²) < 4.78 is 37.3. The number of carbonyl (C=O) groups is 1. The molecule has 0 bridgehead atoms. The largest absolute Gasteiger partial charge is 0.332 e. The maximum atomic E-state index is 13.3. The second-order valence-corrected chi connectivity index (χ2v) is 7.35. The Morgan fingerprint density at radius 2 is 2.18 bits per heavy atom. The normalized spacial score (nSPS) is 18.0. The van der Waals surface area contributed by atoms with E-state index in [1.54, 1.807) is 0 Å². The highest BCUT2D eigenvalue weighted by molar-refractivity contribution is 7.91. The third kappa shape index (κ3) is 4.07. The van der Waals surface area contributed by atoms with Crippen molar-refractivity contribution in [2.24, 2.45) is 0 Å². The summed E-state index contributed by atoms with van der Waals surface area (Å²) in [6, 6.07) is 2.73. The minimum absolute atomic E-state index is 0.0690. The Bertz CT molecular complexity index is 686. The zero-order valence-corrected chi connectivity index (χ0v) is 13.1. The molecule has 2 N–H and O–H groups in total. The van der Waals surface area contributed by atoms with Gasteiger partial charge in [-0.1, -0.05) is 19.1 Å². The number of urea groups is 1. The van der Waals surface area contributed by atoms with E-state index in [1.165, 1.54) is 13.0 Å². The Labute approximate surface area is 129 Å². The van der Waals surface area contributed by atoms with Gasteiger partial charge in [-0.2, -0.15) is 0 Å². The van der Waals surface area contributed by atoms with Crippen molar-refractivity contribution in [2.75, 3.05) is 11.1 Å². The summed E-state index contributed by atoms with van der Waals surface area (Å²) in [6.07, 6.45) is 6.74. The number of hydrogen-bond acceptors (Lipinski definition) is 3. The minimum atomic E-state index is -3.63. The highest BCUT2D eigenvalue weighted by atomic mass is 32.2. The van der Waals surface area contributed by atoms with Crippen LogP contribution < -0.4 is 10.6 Å². The molecule has 120 valence electrons. The van der Waals surface area contributed by atoms with Gasteiger partial charge in [0, 0.05) is 6.04 Å². The molecule has 0 saturated heterocycles. The van der Waals surface area contributed by atoms with E-state index in [0.717, 1.165) is 31.4 Å². The van der Waals surface area contributed by atoms with E-state index in [4.69, 9.17) is 0 Å². The highest BCUT2D eigenvalue weighted by Gasteiger charge is 2.20. The van der Waals surface area contributed by atoms with Gasteiger partial charge in [0.1, 0.15) is 5.82 Å². The quantitative estimate of drug-likeness (QED) is 0.836. The molecular weight excluding hydrogens is 307 g/mol. The summed E-state index contributed by atoms with van der Waals surface area (Å²) in [5, 5.41) is 5.25. The minimum Gasteiger partial charge on any atom is -0.332 e. The van der Waals surface area contributed by atoms with Gasteiger partial charge in [-0.3, -0.25) is 0 Å². The summed E-state index contributed by atoms with van der Waals surface area (Å²) in [4.78, 5) is 11.8. The van der Waals surface area contributed by atoms with E-state index in [-0.39, 0.29) is 22.4 Å². The van der Waals surface area contributed by atoms with Crippen LogP contribution in [0.3, 0.4) is 0 Å². The number of rotatable bonds is 4. The van der Waals surface area contributed by atoms with Crippen LogP contribution in [0.4, 0.5) is 14.9 Å². The molecule has 0 saturated carbocycles. The molecule has 1 aliphatic rings. The molecule has 0 spiro atoms. The molecule has 0 fully saturated rings. The van der Waals surface area contributed by atoms with Crippen molar-refractivity contribution in [1.29, 1.82) is 0 Å². The molecular formula is C15H19FN2O3S. The molecule has 7 heteroatoms. The molecule has 1 aromatic rings. The smallest absolute Gasteiger partial charge is 0.319 e. The standard InChI is InChI=1S/C15H19FN2O3S/c1-2-22(20,21)14-10-11(16)8-9-13(14)18-15(19)17-12-6-4-3-5-7-12/h4,6,8-10,12H,2-3,5,7H2,1H3,(H2,17,18,19)/t12-/m0/s1. The lowest BCUT2D eigenvalue weighted by atomic mass is 10.0. The topological polar surface area (TPSA) is 75.3 Å². The monoisotopic (exact) mass is 326 g/mol. The van der Waals surface area contributed by atoms with Crippen molar-refractivity contribution >= 4 is 21.6 Å². The van der Waals surface area contributed by atoms with Crippen molar-refractivity contribution in [3.8, 4) is 0 Å². The number of hydrogen-bond donors (Lipinski definition) is 2. The van der Waals surface area contributed by atoms with Crippen molar-refractivity contribution in [3.05, 3.63) is 36.2 Å². The molecule has 0 aromatic heterocycles. The van der Waals surface area contributed by atoms with E-state index in [2.05, 4.69) is 10.6 Å². The van der Waals surface area contributed by atoms with E-state index >= 15 is 0 Å². The van der Waals surface area contributed by atoms with Crippen LogP contribution in [0.15, 0.2) is 35.2 Å². The SMILES string of the molecule is CCS(=O)(=O)c1cc(F)ccc1NC(=O)N[C@H]1C=CCCC1. The van der Waals surface area contributed by atoms with Gasteiger partial charge in [0.25, 0.3) is 0 Å². The van der Waals surface area contributed by atoms with E-state index in [9.17, 15) is 17.6 Å². The molecule has 2 amide bonds. The van der Waals surface area contributed by atoms with E-state index < -0.39 is 21.7 Å². The lowest BCUT2D eigenvalue weighted by Gasteiger charge is -2.19. The van der Waals surface area contributed by atoms with Crippen molar-refractivity contribution in [2.45, 2.75) is 37.1 Å². The van der Waals surface area contributed by atoms with Crippen LogP contribution in [0.25, 0.3) is 0 Å². The summed E-state index contributed by atoms with van der Waals surface area (Å²) in [5.41, 5.74) is 0.0838. The number of anilines is 1. The molecule has 1 aliphatic carbocycles. The van der Waals surface area contributed by atoms with Gasteiger partial charge in [-0.05, 0) is 37.5 Å². The van der Waals surface area contributed by atoms with E-state index in [1.807, 2.05) is 12.2 Å². The molecule has 0 aliphatic heterocycles. The highest BCUT2D eigenvalue weighted by Crippen LogP contribution is 2.23. The first kappa shape index (κ1) is 16.5. The lowest BCUT2D eigenvalue weighted by Crippen LogP contribution is -2.37. The van der Waals surface area contributed by atoms with Gasteiger partial charge in [-0.25, -0.2) is 17.6 Å². The maximum Gasteiger partial charge on any atom is 0.319 e. The van der Waals surface area contributed by atoms with Gasteiger partial charge < -0.3 is 10.6 Å². The van der Waals surface area contributed by atoms with Gasteiger partial charge in [0.15, 0.2) is 9.84 Å². The summed E-state index contributed by atoms with van der Waals surface area (Å²) in [7, 11) is -3.63. The van der Waals surface area contributed by atoms with Gasteiger partial charge in [0.2, 0.25) is 0 Å². The zero-order chi connectivity index (χ0) is 16.2. The molecule has 2 rings (SSSR count). The van der Waals surface area contributed by atoms with Gasteiger partial charge in [-0.15, -0.1) is 0 Å². The van der Waals surface area contributed by atoms with E-state index in [0.29, 0.717) is 0 Å². The number of benzene rings is 1. The number of nitrogens with one attached hydrogen (secondary N) is 2. The summed E-state index contributed by atoms with van der Waals surface area (Å²) in [5.74, 6) is -0.828. The molecule has 0 heterocycles. The van der Waals surface area contributed by atoms with Crippen LogP contribution in [0.1, 0.15) is 26.2 Å². The number of carbonyl (C=O) groups excluding carboxylic acids is 1. The Morgan fingerprint density at radius 3 is 2.82 bits per heavy atom. The number of halogens is 1. The molecule has 22 heavy (non-hydrogen) atoms. The van der Waals surface area contributed by atoms with Crippen LogP contribution in [-0.2, 0) is 9.84 Å². The Balaban J connectivity index is 2.17. The van der Waals surface area contributed by atoms with Gasteiger partial charge in [0.05, 0.1) is 16.3 Å². The van der Waals surface area contributed by atoms with Gasteiger partial charge >= 0.3 is 6.03 Å². The Morgan fingerprint density at radius 1 is 1.41 bits per heavy atom. The van der Waals surface area contributed by atoms with Crippen LogP contribution in [-0.4, -0.2) is 26.2 Å². The predicted octanol–water partition coefficient (Wildman–Crippen LogP) is 2.85. The first-order valence-electron chi connectivity index (χ1n) is 7.19. The molecule has 5 nitrogen and oxygen atoms in total. The fraction of sp³-hybridized carbons (Fsp3) is 0.400. The lowest BCUT2D eigenvalue weighted by molar-refractivity contribution is 0.249. The second kappa shape index (κ2) is 6.91. The Kier molecular flexibility index (Phi) is 5.18. The van der Waals surface area contributed by atoms with Crippen molar-refractivity contribution in [1.82, 2.24) is 5.32 Å². The average molecular weight is 326 g/mol. The first-order chi connectivity index (χ1) is 10.4. The van der Waals surface area contributed by atoms with Crippen LogP contribution >= 0.6 is 0 Å². The molecule has 1 aromatic carbocycles. The van der Waals surface area contributed by atoms with Crippen LogP contribution in [0, 0.1) is 5.82 Å². The number of allylic oxidation sites excluding steroid dienone is 1. The maximum absolute atomic E-state index is 13.3. The summed E-state index contributed by atoms with van der Waals surface area (Å²) >= 11 is 0. The number of amides is 2. The third-order valence-corrected chi connectivity index (χ3v) is 5.25. The molecule has 1 atom stereocenters. The average Bonchev–Trinajstić information content (AvgIpc) is 2.50. The third-order valence-electron chi connectivity index (χ3n) is 3.48. The first-order valence-corrected chi connectivity index (χ1v) is 8.84. The number of sulfone groups is 1. The molecule has 0 unspecified atom stereocenters. The second-order valence-electron chi connectivity index (χ2n) is 5.11.